The molecule has 0 saturated carbocycles. The highest BCUT2D eigenvalue weighted by atomic mass is 15.0. The van der Waals surface area contributed by atoms with Crippen LogP contribution in [-0.2, 0) is 0 Å². The number of rotatable bonds is 4. The summed E-state index contributed by atoms with van der Waals surface area (Å²) in [6, 6.07) is 9.88. The molecule has 0 amide bonds. The molecule has 0 unspecified atom stereocenters. The van der Waals surface area contributed by atoms with Gasteiger partial charge in [-0.15, -0.1) is 0 Å². The van der Waals surface area contributed by atoms with Crippen molar-refractivity contribution >= 4 is 22.4 Å². The normalized spacial score (nSPS) is 11.7. The van der Waals surface area contributed by atoms with Crippen molar-refractivity contribution in [1.29, 1.82) is 0 Å². The quantitative estimate of drug-likeness (QED) is 0.803. The molecule has 0 aliphatic rings. The van der Waals surface area contributed by atoms with E-state index in [1.165, 1.54) is 0 Å². The molecule has 0 spiro atoms. The van der Waals surface area contributed by atoms with E-state index in [4.69, 9.17) is 5.73 Å². The van der Waals surface area contributed by atoms with Gasteiger partial charge in [-0.25, -0.2) is 4.98 Å². The van der Waals surface area contributed by atoms with Gasteiger partial charge >= 0.3 is 0 Å². The van der Waals surface area contributed by atoms with Gasteiger partial charge in [-0.05, 0) is 50.1 Å². The number of nitrogen functional groups attached to an aromatic ring is 1. The molecule has 3 nitrogen and oxygen atoms in total. The summed E-state index contributed by atoms with van der Waals surface area (Å²) in [5, 5.41) is 4.60. The van der Waals surface area contributed by atoms with Crippen LogP contribution in [0.1, 0.15) is 33.6 Å². The first-order valence-electron chi connectivity index (χ1n) is 6.51. The maximum absolute atomic E-state index is 5.76. The lowest BCUT2D eigenvalue weighted by molar-refractivity contribution is 0.477. The lowest BCUT2D eigenvalue weighted by Gasteiger charge is -2.29. The Hall–Kier alpha value is -1.77. The second kappa shape index (κ2) is 4.84. The van der Waals surface area contributed by atoms with Crippen molar-refractivity contribution in [2.75, 3.05) is 11.1 Å². The molecule has 18 heavy (non-hydrogen) atoms. The Morgan fingerprint density at radius 1 is 1.17 bits per heavy atom. The molecule has 0 radical (unpaired) electrons. The summed E-state index contributed by atoms with van der Waals surface area (Å²) >= 11 is 0. The minimum absolute atomic E-state index is 0.106. The third-order valence-electron chi connectivity index (χ3n) is 3.70. The van der Waals surface area contributed by atoms with E-state index in [-0.39, 0.29) is 5.54 Å². The fraction of sp³-hybridized carbons (Fsp3) is 0.400. The van der Waals surface area contributed by atoms with Crippen LogP contribution in [0.3, 0.4) is 0 Å². The van der Waals surface area contributed by atoms with E-state index >= 15 is 0 Å². The molecule has 0 atom stereocenters. The first-order valence-corrected chi connectivity index (χ1v) is 6.51. The predicted molar refractivity (Wildman–Crippen MR) is 78.8 cm³/mol. The SMILES string of the molecule is CCC(C)(CC)Nc1ccc2cc(N)ccc2n1. The van der Waals surface area contributed by atoms with Crippen LogP contribution in [0, 0.1) is 0 Å². The number of nitrogens with one attached hydrogen (secondary N) is 1. The van der Waals surface area contributed by atoms with E-state index in [1.807, 2.05) is 24.3 Å². The van der Waals surface area contributed by atoms with Crippen LogP contribution in [0.15, 0.2) is 30.3 Å². The Morgan fingerprint density at radius 2 is 1.89 bits per heavy atom. The van der Waals surface area contributed by atoms with Crippen LogP contribution in [-0.4, -0.2) is 10.5 Å². The van der Waals surface area contributed by atoms with Gasteiger partial charge in [0.25, 0.3) is 0 Å². The van der Waals surface area contributed by atoms with E-state index < -0.39 is 0 Å². The molecule has 0 saturated heterocycles. The van der Waals surface area contributed by atoms with E-state index in [9.17, 15) is 0 Å². The molecule has 1 aromatic heterocycles. The molecule has 1 aromatic carbocycles. The van der Waals surface area contributed by atoms with Crippen molar-refractivity contribution in [3.05, 3.63) is 30.3 Å². The van der Waals surface area contributed by atoms with Crippen LogP contribution in [0.25, 0.3) is 10.9 Å². The van der Waals surface area contributed by atoms with Crippen LogP contribution in [0.5, 0.6) is 0 Å². The fourth-order valence-corrected chi connectivity index (χ4v) is 1.95. The molecule has 0 aliphatic carbocycles. The number of hydrogen-bond donors (Lipinski definition) is 2. The standard InChI is InChI=1S/C15H21N3/c1-4-15(3,5-2)18-14-9-6-11-10-12(16)7-8-13(11)17-14/h6-10H,4-5,16H2,1-3H3,(H,17,18). The van der Waals surface area contributed by atoms with Gasteiger partial charge in [-0.1, -0.05) is 13.8 Å². The van der Waals surface area contributed by atoms with Gasteiger partial charge in [0.2, 0.25) is 0 Å². The van der Waals surface area contributed by atoms with Gasteiger partial charge in [-0.2, -0.15) is 0 Å². The molecule has 1 heterocycles. The third kappa shape index (κ3) is 2.55. The predicted octanol–water partition coefficient (Wildman–Crippen LogP) is 3.81. The minimum atomic E-state index is 0.106. The van der Waals surface area contributed by atoms with Crippen molar-refractivity contribution in [3.8, 4) is 0 Å². The Morgan fingerprint density at radius 3 is 2.56 bits per heavy atom. The topological polar surface area (TPSA) is 50.9 Å². The van der Waals surface area contributed by atoms with Crippen LogP contribution >= 0.6 is 0 Å². The Labute approximate surface area is 108 Å². The zero-order valence-corrected chi connectivity index (χ0v) is 11.3. The number of fused-ring (bicyclic) bond motifs is 1. The molecular weight excluding hydrogens is 222 g/mol. The maximum atomic E-state index is 5.76. The highest BCUT2D eigenvalue weighted by Gasteiger charge is 2.19. The number of hydrogen-bond acceptors (Lipinski definition) is 3. The molecule has 3 N–H and O–H groups in total. The first kappa shape index (κ1) is 12.7. The average Bonchev–Trinajstić information content (AvgIpc) is 2.39. The summed E-state index contributed by atoms with van der Waals surface area (Å²) < 4.78 is 0. The zero-order chi connectivity index (χ0) is 13.2. The summed E-state index contributed by atoms with van der Waals surface area (Å²) in [5.41, 5.74) is 7.62. The lowest BCUT2D eigenvalue weighted by atomic mass is 9.95. The summed E-state index contributed by atoms with van der Waals surface area (Å²) in [6.45, 7) is 6.61. The Bertz CT molecular complexity index is 544. The van der Waals surface area contributed by atoms with Crippen molar-refractivity contribution < 1.29 is 0 Å². The van der Waals surface area contributed by atoms with Crippen LogP contribution in [0.2, 0.25) is 0 Å². The monoisotopic (exact) mass is 243 g/mol. The maximum Gasteiger partial charge on any atom is 0.127 e. The van der Waals surface area contributed by atoms with Crippen LogP contribution < -0.4 is 11.1 Å². The number of nitrogens with two attached hydrogens (primary N) is 1. The summed E-state index contributed by atoms with van der Waals surface area (Å²) in [7, 11) is 0. The molecule has 2 aromatic rings. The second-order valence-electron chi connectivity index (χ2n) is 5.04. The molecule has 0 aliphatic heterocycles. The van der Waals surface area contributed by atoms with E-state index in [0.29, 0.717) is 0 Å². The van der Waals surface area contributed by atoms with E-state index in [1.54, 1.807) is 0 Å². The van der Waals surface area contributed by atoms with E-state index in [0.717, 1.165) is 35.2 Å². The van der Waals surface area contributed by atoms with Gasteiger partial charge in [0.05, 0.1) is 5.52 Å². The summed E-state index contributed by atoms with van der Waals surface area (Å²) in [6.07, 6.45) is 2.15. The smallest absolute Gasteiger partial charge is 0.127 e. The van der Waals surface area contributed by atoms with Gasteiger partial charge in [0, 0.05) is 16.6 Å². The Balaban J connectivity index is 2.33. The van der Waals surface area contributed by atoms with Crippen molar-refractivity contribution in [1.82, 2.24) is 4.98 Å². The van der Waals surface area contributed by atoms with Gasteiger partial charge in [0.15, 0.2) is 0 Å². The molecular formula is C15H21N3. The summed E-state index contributed by atoms with van der Waals surface area (Å²) in [5.74, 6) is 0.929. The first-order chi connectivity index (χ1) is 8.56. The zero-order valence-electron chi connectivity index (χ0n) is 11.3. The third-order valence-corrected chi connectivity index (χ3v) is 3.70. The van der Waals surface area contributed by atoms with Gasteiger partial charge in [-0.3, -0.25) is 0 Å². The number of anilines is 2. The molecule has 96 valence electrons. The fourth-order valence-electron chi connectivity index (χ4n) is 1.95. The van der Waals surface area contributed by atoms with Gasteiger partial charge < -0.3 is 11.1 Å². The largest absolute Gasteiger partial charge is 0.399 e. The van der Waals surface area contributed by atoms with Crippen molar-refractivity contribution in [2.45, 2.75) is 39.2 Å². The number of nitrogens with zero attached hydrogens (tertiary/aromatic N) is 1. The average molecular weight is 243 g/mol. The lowest BCUT2D eigenvalue weighted by Crippen LogP contribution is -2.33. The van der Waals surface area contributed by atoms with Gasteiger partial charge in [0.1, 0.15) is 5.82 Å². The Kier molecular flexibility index (Phi) is 3.41. The van der Waals surface area contributed by atoms with Crippen molar-refractivity contribution in [2.24, 2.45) is 0 Å². The molecule has 0 fully saturated rings. The second-order valence-corrected chi connectivity index (χ2v) is 5.04. The number of pyridine rings is 1. The number of benzene rings is 1. The highest BCUT2D eigenvalue weighted by Crippen LogP contribution is 2.23. The number of aromatic nitrogens is 1. The highest BCUT2D eigenvalue weighted by molar-refractivity contribution is 5.83. The molecule has 3 heteroatoms. The minimum Gasteiger partial charge on any atom is -0.399 e. The summed E-state index contributed by atoms with van der Waals surface area (Å²) in [4.78, 5) is 4.63. The van der Waals surface area contributed by atoms with Crippen LogP contribution in [0.4, 0.5) is 11.5 Å². The van der Waals surface area contributed by atoms with E-state index in [2.05, 4.69) is 37.1 Å². The molecule has 2 rings (SSSR count). The van der Waals surface area contributed by atoms with Crippen molar-refractivity contribution in [3.63, 3.8) is 0 Å². The molecule has 0 bridgehead atoms.